The van der Waals surface area contributed by atoms with Gasteiger partial charge in [0.15, 0.2) is 6.10 Å². The van der Waals surface area contributed by atoms with Crippen molar-refractivity contribution in [2.75, 3.05) is 18.5 Å². The smallest absolute Gasteiger partial charge is 0.319 e. The summed E-state index contributed by atoms with van der Waals surface area (Å²) in [5, 5.41) is 15.8. The lowest BCUT2D eigenvalue weighted by Crippen LogP contribution is -2.59. The minimum absolute atomic E-state index is 0.270. The van der Waals surface area contributed by atoms with Gasteiger partial charge in [-0.15, -0.1) is 0 Å². The van der Waals surface area contributed by atoms with Crippen molar-refractivity contribution in [2.24, 2.45) is 0 Å². The van der Waals surface area contributed by atoms with E-state index in [9.17, 15) is 14.7 Å². The molecular weight excluding hydrogens is 512 g/mol. The summed E-state index contributed by atoms with van der Waals surface area (Å²) < 4.78 is 24.8. The standard InChI is InChI=1S/C31H42N2O7/c1-2-3-4-5-12-17-27(35)40-29-26(20-34)39-25-18-24(19-32-31(36)33-23-15-10-7-11-16-23)38-28(25)30(29)37-21-22-13-8-6-9-14-22/h6-11,13-16,24-26,28-30,34H,2-5,12,17-21H2,1H3,(H2,32,33,36). The minimum Gasteiger partial charge on any atom is -0.457 e. The second-order valence-corrected chi connectivity index (χ2v) is 10.4. The number of nitrogens with one attached hydrogen (secondary N) is 2. The zero-order valence-corrected chi connectivity index (χ0v) is 23.2. The number of aliphatic hydroxyl groups excluding tert-OH is 1. The summed E-state index contributed by atoms with van der Waals surface area (Å²) in [6.07, 6.45) is 2.53. The molecule has 9 heteroatoms. The van der Waals surface area contributed by atoms with Crippen molar-refractivity contribution in [3.05, 3.63) is 66.2 Å². The van der Waals surface area contributed by atoms with Gasteiger partial charge in [0, 0.05) is 25.1 Å². The number of hydrogen-bond acceptors (Lipinski definition) is 7. The number of anilines is 1. The van der Waals surface area contributed by atoms with E-state index in [2.05, 4.69) is 17.6 Å². The lowest BCUT2D eigenvalue weighted by Gasteiger charge is -2.42. The molecule has 2 aromatic carbocycles. The van der Waals surface area contributed by atoms with Crippen molar-refractivity contribution < 1.29 is 33.6 Å². The Hall–Kier alpha value is -2.98. The van der Waals surface area contributed by atoms with Gasteiger partial charge in [0.05, 0.1) is 25.4 Å². The van der Waals surface area contributed by atoms with Gasteiger partial charge in [-0.05, 0) is 24.1 Å². The summed E-state index contributed by atoms with van der Waals surface area (Å²) >= 11 is 0. The van der Waals surface area contributed by atoms with Crippen molar-refractivity contribution in [3.63, 3.8) is 0 Å². The third-order valence-corrected chi connectivity index (χ3v) is 7.31. The first kappa shape index (κ1) is 30.0. The Morgan fingerprint density at radius 3 is 2.40 bits per heavy atom. The van der Waals surface area contributed by atoms with Crippen LogP contribution in [-0.4, -0.2) is 66.9 Å². The van der Waals surface area contributed by atoms with E-state index >= 15 is 0 Å². The number of esters is 1. The summed E-state index contributed by atoms with van der Waals surface area (Å²) in [5.41, 5.74) is 1.67. The molecule has 0 spiro atoms. The second kappa shape index (κ2) is 15.7. The molecule has 218 valence electrons. The van der Waals surface area contributed by atoms with E-state index in [-0.39, 0.29) is 37.4 Å². The normalized spacial score (nSPS) is 25.6. The third-order valence-electron chi connectivity index (χ3n) is 7.31. The molecule has 2 aliphatic heterocycles. The molecule has 2 heterocycles. The van der Waals surface area contributed by atoms with Crippen molar-refractivity contribution in [1.82, 2.24) is 5.32 Å². The number of urea groups is 1. The van der Waals surface area contributed by atoms with Crippen LogP contribution in [-0.2, 0) is 30.3 Å². The predicted molar refractivity (Wildman–Crippen MR) is 151 cm³/mol. The maximum atomic E-state index is 12.8. The first-order chi connectivity index (χ1) is 19.6. The van der Waals surface area contributed by atoms with Crippen LogP contribution in [0, 0.1) is 0 Å². The number of rotatable bonds is 14. The largest absolute Gasteiger partial charge is 0.457 e. The van der Waals surface area contributed by atoms with Crippen LogP contribution in [0.5, 0.6) is 0 Å². The van der Waals surface area contributed by atoms with Gasteiger partial charge in [0.2, 0.25) is 0 Å². The maximum absolute atomic E-state index is 12.8. The molecule has 0 bridgehead atoms. The summed E-state index contributed by atoms with van der Waals surface area (Å²) in [7, 11) is 0. The average Bonchev–Trinajstić information content (AvgIpc) is 3.39. The molecule has 3 N–H and O–H groups in total. The molecule has 0 saturated carbocycles. The van der Waals surface area contributed by atoms with E-state index < -0.39 is 24.4 Å². The Morgan fingerprint density at radius 1 is 0.950 bits per heavy atom. The fourth-order valence-electron chi connectivity index (χ4n) is 5.25. The number of aliphatic hydroxyl groups is 1. The lowest BCUT2D eigenvalue weighted by molar-refractivity contribution is -0.243. The van der Waals surface area contributed by atoms with Gasteiger partial charge < -0.3 is 34.7 Å². The number of fused-ring (bicyclic) bond motifs is 1. The zero-order valence-electron chi connectivity index (χ0n) is 23.2. The third kappa shape index (κ3) is 8.76. The van der Waals surface area contributed by atoms with Crippen molar-refractivity contribution >= 4 is 17.7 Å². The zero-order chi connectivity index (χ0) is 28.2. The molecule has 6 atom stereocenters. The number of carbonyl (C=O) groups is 2. The van der Waals surface area contributed by atoms with Gasteiger partial charge in [-0.3, -0.25) is 4.79 Å². The van der Waals surface area contributed by atoms with Crippen LogP contribution in [0.3, 0.4) is 0 Å². The van der Waals surface area contributed by atoms with Crippen LogP contribution in [0.4, 0.5) is 10.5 Å². The fraction of sp³-hybridized carbons (Fsp3) is 0.548. The van der Waals surface area contributed by atoms with Gasteiger partial charge in [-0.1, -0.05) is 81.1 Å². The van der Waals surface area contributed by atoms with Crippen molar-refractivity contribution in [1.29, 1.82) is 0 Å². The molecule has 2 amide bonds. The summed E-state index contributed by atoms with van der Waals surface area (Å²) in [6.45, 7) is 2.40. The Balaban J connectivity index is 1.39. The summed E-state index contributed by atoms with van der Waals surface area (Å²) in [4.78, 5) is 25.2. The van der Waals surface area contributed by atoms with Crippen LogP contribution in [0.2, 0.25) is 0 Å². The van der Waals surface area contributed by atoms with E-state index in [4.69, 9.17) is 18.9 Å². The number of unbranched alkanes of at least 4 members (excludes halogenated alkanes) is 4. The molecule has 0 aromatic heterocycles. The molecule has 2 aliphatic rings. The number of amides is 2. The number of hydrogen-bond donors (Lipinski definition) is 3. The predicted octanol–water partition coefficient (Wildman–Crippen LogP) is 4.58. The van der Waals surface area contributed by atoms with E-state index in [1.165, 1.54) is 0 Å². The first-order valence-corrected chi connectivity index (χ1v) is 14.4. The molecule has 4 rings (SSSR count). The second-order valence-electron chi connectivity index (χ2n) is 10.4. The van der Waals surface area contributed by atoms with Crippen molar-refractivity contribution in [2.45, 2.75) is 95.1 Å². The molecule has 2 saturated heterocycles. The minimum atomic E-state index is -0.814. The summed E-state index contributed by atoms with van der Waals surface area (Å²) in [5.74, 6) is -0.330. The lowest BCUT2D eigenvalue weighted by atomic mass is 9.94. The van der Waals surface area contributed by atoms with E-state index in [1.807, 2.05) is 60.7 Å². The Kier molecular flexibility index (Phi) is 11.8. The van der Waals surface area contributed by atoms with Gasteiger partial charge in [0.1, 0.15) is 18.3 Å². The Bertz CT molecular complexity index is 1040. The average molecular weight is 555 g/mol. The first-order valence-electron chi connectivity index (χ1n) is 14.4. The van der Waals surface area contributed by atoms with Crippen LogP contribution in [0.1, 0.15) is 57.4 Å². The summed E-state index contributed by atoms with van der Waals surface area (Å²) in [6, 6.07) is 18.6. The molecule has 6 unspecified atom stereocenters. The van der Waals surface area contributed by atoms with E-state index in [0.717, 1.165) is 37.7 Å². The topological polar surface area (TPSA) is 115 Å². The monoisotopic (exact) mass is 554 g/mol. The van der Waals surface area contributed by atoms with Crippen LogP contribution in [0.25, 0.3) is 0 Å². The SMILES string of the molecule is CCCCCCCC(=O)OC1C(CO)OC2CC(CNC(=O)Nc3ccccc3)OC2C1OCc1ccccc1. The number of ether oxygens (including phenoxy) is 4. The van der Waals surface area contributed by atoms with E-state index in [0.29, 0.717) is 25.1 Å². The molecule has 0 radical (unpaired) electrons. The van der Waals surface area contributed by atoms with Gasteiger partial charge in [0.25, 0.3) is 0 Å². The molecule has 2 fully saturated rings. The van der Waals surface area contributed by atoms with Crippen LogP contribution < -0.4 is 10.6 Å². The maximum Gasteiger partial charge on any atom is 0.319 e. The molecular formula is C31H42N2O7. The highest BCUT2D eigenvalue weighted by molar-refractivity contribution is 5.89. The highest BCUT2D eigenvalue weighted by atomic mass is 16.6. The highest BCUT2D eigenvalue weighted by Gasteiger charge is 2.53. The number of benzene rings is 2. The molecule has 40 heavy (non-hydrogen) atoms. The Labute approximate surface area is 236 Å². The molecule has 2 aromatic rings. The van der Waals surface area contributed by atoms with Gasteiger partial charge >= 0.3 is 12.0 Å². The highest BCUT2D eigenvalue weighted by Crippen LogP contribution is 2.36. The number of carbonyl (C=O) groups excluding carboxylic acids is 2. The van der Waals surface area contributed by atoms with Crippen LogP contribution in [0.15, 0.2) is 60.7 Å². The molecule has 0 aliphatic carbocycles. The van der Waals surface area contributed by atoms with Gasteiger partial charge in [-0.25, -0.2) is 4.79 Å². The van der Waals surface area contributed by atoms with E-state index in [1.54, 1.807) is 0 Å². The van der Waals surface area contributed by atoms with Gasteiger partial charge in [-0.2, -0.15) is 0 Å². The molecule has 9 nitrogen and oxygen atoms in total. The Morgan fingerprint density at radius 2 is 1.68 bits per heavy atom. The number of para-hydroxylation sites is 1. The van der Waals surface area contributed by atoms with Crippen LogP contribution >= 0.6 is 0 Å². The van der Waals surface area contributed by atoms with Crippen molar-refractivity contribution in [3.8, 4) is 0 Å². The fourth-order valence-corrected chi connectivity index (χ4v) is 5.25. The quantitative estimate of drug-likeness (QED) is 0.231.